The fraction of sp³-hybridized carbons (Fsp3) is 0.238. The van der Waals surface area contributed by atoms with Gasteiger partial charge in [0.1, 0.15) is 35.0 Å². The summed E-state index contributed by atoms with van der Waals surface area (Å²) < 4.78 is 24.6. The van der Waals surface area contributed by atoms with Crippen LogP contribution < -0.4 is 4.74 Å². The van der Waals surface area contributed by atoms with Gasteiger partial charge in [-0.2, -0.15) is 0 Å². The normalized spacial score (nSPS) is 16.6. The van der Waals surface area contributed by atoms with Crippen molar-refractivity contribution in [1.29, 1.82) is 0 Å². The zero-order chi connectivity index (χ0) is 20.2. The molecule has 0 bridgehead atoms. The Bertz CT molecular complexity index is 978. The van der Waals surface area contributed by atoms with Crippen LogP contribution in [-0.4, -0.2) is 35.5 Å². The molecule has 0 aliphatic carbocycles. The summed E-state index contributed by atoms with van der Waals surface area (Å²) in [5, 5.41) is 3.10. The van der Waals surface area contributed by atoms with Crippen LogP contribution in [0.1, 0.15) is 27.2 Å². The highest BCUT2D eigenvalue weighted by molar-refractivity contribution is 7.09. The van der Waals surface area contributed by atoms with E-state index in [9.17, 15) is 9.18 Å². The van der Waals surface area contributed by atoms with E-state index in [0.717, 1.165) is 5.56 Å². The Morgan fingerprint density at radius 3 is 2.76 bits per heavy atom. The van der Waals surface area contributed by atoms with Crippen molar-refractivity contribution < 1.29 is 18.7 Å². The minimum absolute atomic E-state index is 0.144. The first-order valence-electron chi connectivity index (χ1n) is 9.07. The van der Waals surface area contributed by atoms with Crippen LogP contribution in [0.15, 0.2) is 53.9 Å². The Balaban J connectivity index is 1.37. The Morgan fingerprint density at radius 2 is 2.00 bits per heavy atom. The molecule has 0 saturated carbocycles. The molecule has 150 valence electrons. The largest absolute Gasteiger partial charge is 0.486 e. The van der Waals surface area contributed by atoms with E-state index in [2.05, 4.69) is 4.98 Å². The topological polar surface area (TPSA) is 51.7 Å². The number of morpholine rings is 1. The monoisotopic (exact) mass is 432 g/mol. The smallest absolute Gasteiger partial charge is 0.273 e. The minimum Gasteiger partial charge on any atom is -0.486 e. The van der Waals surface area contributed by atoms with E-state index in [4.69, 9.17) is 21.1 Å². The van der Waals surface area contributed by atoms with Crippen molar-refractivity contribution in [2.45, 2.75) is 12.7 Å². The second kappa shape index (κ2) is 8.90. The quantitative estimate of drug-likeness (QED) is 0.585. The molecule has 3 aromatic rings. The zero-order valence-corrected chi connectivity index (χ0v) is 17.0. The highest BCUT2D eigenvalue weighted by Crippen LogP contribution is 2.24. The minimum atomic E-state index is -0.298. The molecule has 1 unspecified atom stereocenters. The van der Waals surface area contributed by atoms with E-state index in [1.54, 1.807) is 46.7 Å². The van der Waals surface area contributed by atoms with Crippen molar-refractivity contribution in [3.05, 3.63) is 81.0 Å². The van der Waals surface area contributed by atoms with E-state index in [0.29, 0.717) is 41.2 Å². The van der Waals surface area contributed by atoms with Crippen molar-refractivity contribution in [2.24, 2.45) is 0 Å². The summed E-state index contributed by atoms with van der Waals surface area (Å²) in [5.41, 5.74) is 1.24. The number of benzene rings is 2. The molecule has 1 atom stereocenters. The number of halogens is 2. The lowest BCUT2D eigenvalue weighted by Gasteiger charge is -2.32. The third-order valence-electron chi connectivity index (χ3n) is 4.54. The zero-order valence-electron chi connectivity index (χ0n) is 15.4. The van der Waals surface area contributed by atoms with Crippen molar-refractivity contribution in [2.75, 3.05) is 19.7 Å². The molecule has 1 aliphatic heterocycles. The fourth-order valence-electron chi connectivity index (χ4n) is 3.03. The Morgan fingerprint density at radius 1 is 1.24 bits per heavy atom. The maximum absolute atomic E-state index is 13.1. The van der Waals surface area contributed by atoms with Gasteiger partial charge in [0, 0.05) is 16.9 Å². The molecule has 0 spiro atoms. The fourth-order valence-corrected chi connectivity index (χ4v) is 3.83. The summed E-state index contributed by atoms with van der Waals surface area (Å²) in [5.74, 6) is 0.246. The van der Waals surface area contributed by atoms with Crippen molar-refractivity contribution in [3.8, 4) is 5.75 Å². The molecular formula is C21H18ClFN2O3S. The molecule has 0 N–H and O–H groups in total. The number of rotatable bonds is 5. The standard InChI is InChI=1S/C21H18ClFN2O3S/c22-15-3-7-17(8-4-15)28-12-20-24-18(13-29-20)21(26)25-9-10-27-19(11-25)14-1-5-16(23)6-2-14/h1-8,13,19H,9-12H2. The number of thiazole rings is 1. The van der Waals surface area contributed by atoms with Gasteiger partial charge in [0.05, 0.1) is 13.2 Å². The summed E-state index contributed by atoms with van der Waals surface area (Å²) >= 11 is 7.24. The first-order valence-corrected chi connectivity index (χ1v) is 10.3. The lowest BCUT2D eigenvalue weighted by molar-refractivity contribution is -0.0230. The number of hydrogen-bond donors (Lipinski definition) is 0. The van der Waals surface area contributed by atoms with Crippen molar-refractivity contribution >= 4 is 28.8 Å². The van der Waals surface area contributed by atoms with Crippen LogP contribution in [0.3, 0.4) is 0 Å². The van der Waals surface area contributed by atoms with Gasteiger partial charge in [-0.1, -0.05) is 23.7 Å². The molecular weight excluding hydrogens is 415 g/mol. The van der Waals surface area contributed by atoms with Gasteiger partial charge in [-0.05, 0) is 42.0 Å². The number of aromatic nitrogens is 1. The van der Waals surface area contributed by atoms with Crippen LogP contribution >= 0.6 is 22.9 Å². The first-order chi connectivity index (χ1) is 14.1. The van der Waals surface area contributed by atoms with Crippen LogP contribution in [-0.2, 0) is 11.3 Å². The van der Waals surface area contributed by atoms with Crippen molar-refractivity contribution in [3.63, 3.8) is 0 Å². The maximum Gasteiger partial charge on any atom is 0.273 e. The third-order valence-corrected chi connectivity index (χ3v) is 5.62. The van der Waals surface area contributed by atoms with Gasteiger partial charge in [-0.15, -0.1) is 11.3 Å². The lowest BCUT2D eigenvalue weighted by atomic mass is 10.1. The van der Waals surface area contributed by atoms with Crippen LogP contribution in [0.25, 0.3) is 0 Å². The van der Waals surface area contributed by atoms with Crippen LogP contribution in [0.2, 0.25) is 5.02 Å². The molecule has 8 heteroatoms. The Hall–Kier alpha value is -2.48. The molecule has 0 radical (unpaired) electrons. The summed E-state index contributed by atoms with van der Waals surface area (Å²) in [4.78, 5) is 19.0. The molecule has 1 saturated heterocycles. The molecule has 2 heterocycles. The van der Waals surface area contributed by atoms with Gasteiger partial charge in [-0.25, -0.2) is 9.37 Å². The highest BCUT2D eigenvalue weighted by atomic mass is 35.5. The van der Waals surface area contributed by atoms with Gasteiger partial charge in [0.25, 0.3) is 5.91 Å². The van der Waals surface area contributed by atoms with Crippen LogP contribution in [0.4, 0.5) is 4.39 Å². The SMILES string of the molecule is O=C(c1csc(COc2ccc(Cl)cc2)n1)N1CCOC(c2ccc(F)cc2)C1. The number of nitrogens with zero attached hydrogens (tertiary/aromatic N) is 2. The van der Waals surface area contributed by atoms with Gasteiger partial charge in [-0.3, -0.25) is 4.79 Å². The van der Waals surface area contributed by atoms with Gasteiger partial charge < -0.3 is 14.4 Å². The molecule has 1 aromatic heterocycles. The number of hydrogen-bond acceptors (Lipinski definition) is 5. The highest BCUT2D eigenvalue weighted by Gasteiger charge is 2.27. The van der Waals surface area contributed by atoms with E-state index in [1.165, 1.54) is 23.5 Å². The van der Waals surface area contributed by atoms with E-state index < -0.39 is 0 Å². The number of carbonyl (C=O) groups is 1. The predicted molar refractivity (Wildman–Crippen MR) is 109 cm³/mol. The van der Waals surface area contributed by atoms with Crippen molar-refractivity contribution in [1.82, 2.24) is 9.88 Å². The number of carbonyl (C=O) groups excluding carboxylic acids is 1. The van der Waals surface area contributed by atoms with Gasteiger partial charge in [0.2, 0.25) is 0 Å². The second-order valence-corrected chi connectivity index (χ2v) is 7.91. The van der Waals surface area contributed by atoms with E-state index in [1.807, 2.05) is 0 Å². The van der Waals surface area contributed by atoms with Crippen LogP contribution in [0, 0.1) is 5.82 Å². The molecule has 29 heavy (non-hydrogen) atoms. The summed E-state index contributed by atoms with van der Waals surface area (Å²) in [6.45, 7) is 1.59. The van der Waals surface area contributed by atoms with E-state index in [-0.39, 0.29) is 24.4 Å². The molecule has 1 fully saturated rings. The Labute approximate surface area is 176 Å². The second-order valence-electron chi connectivity index (χ2n) is 6.53. The first kappa shape index (κ1) is 19.8. The average Bonchev–Trinajstić information content (AvgIpc) is 3.22. The Kier molecular flexibility index (Phi) is 6.08. The van der Waals surface area contributed by atoms with Crippen LogP contribution in [0.5, 0.6) is 5.75 Å². The molecule has 5 nitrogen and oxygen atoms in total. The summed E-state index contributed by atoms with van der Waals surface area (Å²) in [7, 11) is 0. The van der Waals surface area contributed by atoms with E-state index >= 15 is 0 Å². The summed E-state index contributed by atoms with van der Waals surface area (Å²) in [6.07, 6.45) is -0.278. The number of amides is 1. The molecule has 2 aromatic carbocycles. The molecule has 1 aliphatic rings. The molecule has 4 rings (SSSR count). The maximum atomic E-state index is 13.1. The lowest BCUT2D eigenvalue weighted by Crippen LogP contribution is -2.42. The number of ether oxygens (including phenoxy) is 2. The molecule has 1 amide bonds. The summed E-state index contributed by atoms with van der Waals surface area (Å²) in [6, 6.07) is 13.2. The average molecular weight is 433 g/mol. The van der Waals surface area contributed by atoms with Gasteiger partial charge in [0.15, 0.2) is 0 Å². The third kappa shape index (κ3) is 4.93. The predicted octanol–water partition coefficient (Wildman–Crippen LogP) is 4.73. The van der Waals surface area contributed by atoms with Gasteiger partial charge >= 0.3 is 0 Å².